The van der Waals surface area contributed by atoms with Crippen LogP contribution >= 0.6 is 0 Å². The SMILES string of the molecule is Nc1cc2ccccc2cc1N.[SeH2]. The minimum atomic E-state index is 0. The molecule has 0 saturated carbocycles. The molecule has 3 heteroatoms. The van der Waals surface area contributed by atoms with Gasteiger partial charge in [0.1, 0.15) is 0 Å². The zero-order valence-electron chi connectivity index (χ0n) is 7.12. The maximum atomic E-state index is 5.66. The summed E-state index contributed by atoms with van der Waals surface area (Å²) in [6.07, 6.45) is 0. The van der Waals surface area contributed by atoms with Crippen LogP contribution in [0.1, 0.15) is 0 Å². The number of rotatable bonds is 0. The summed E-state index contributed by atoms with van der Waals surface area (Å²) in [6, 6.07) is 11.8. The summed E-state index contributed by atoms with van der Waals surface area (Å²) in [5, 5.41) is 2.26. The summed E-state index contributed by atoms with van der Waals surface area (Å²) >= 11 is 0. The van der Waals surface area contributed by atoms with E-state index in [0.717, 1.165) is 10.8 Å². The van der Waals surface area contributed by atoms with Gasteiger partial charge in [-0.15, -0.1) is 0 Å². The molecule has 2 nitrogen and oxygen atoms in total. The van der Waals surface area contributed by atoms with Gasteiger partial charge < -0.3 is 11.5 Å². The molecule has 0 aromatic heterocycles. The number of hydrogen-bond acceptors (Lipinski definition) is 2. The predicted octanol–water partition coefficient (Wildman–Crippen LogP) is 1.09. The third-order valence-corrected chi connectivity index (χ3v) is 1.95. The van der Waals surface area contributed by atoms with E-state index in [1.165, 1.54) is 0 Å². The van der Waals surface area contributed by atoms with E-state index in [-0.39, 0.29) is 17.1 Å². The third kappa shape index (κ3) is 1.77. The van der Waals surface area contributed by atoms with Crippen molar-refractivity contribution in [2.75, 3.05) is 11.5 Å². The van der Waals surface area contributed by atoms with E-state index in [9.17, 15) is 0 Å². The van der Waals surface area contributed by atoms with E-state index in [0.29, 0.717) is 11.4 Å². The summed E-state index contributed by atoms with van der Waals surface area (Å²) in [7, 11) is 0. The molecular weight excluding hydrogens is 227 g/mol. The van der Waals surface area contributed by atoms with Crippen molar-refractivity contribution in [2.24, 2.45) is 0 Å². The van der Waals surface area contributed by atoms with Crippen LogP contribution < -0.4 is 11.5 Å². The Morgan fingerprint density at radius 1 is 0.769 bits per heavy atom. The maximum absolute atomic E-state index is 5.66. The van der Waals surface area contributed by atoms with Gasteiger partial charge in [-0.3, -0.25) is 0 Å². The molecule has 0 heterocycles. The zero-order chi connectivity index (χ0) is 8.55. The van der Waals surface area contributed by atoms with Crippen molar-refractivity contribution in [3.05, 3.63) is 36.4 Å². The van der Waals surface area contributed by atoms with Gasteiger partial charge in [-0.05, 0) is 22.9 Å². The van der Waals surface area contributed by atoms with Crippen molar-refractivity contribution < 1.29 is 0 Å². The van der Waals surface area contributed by atoms with Crippen LogP contribution in [0, 0.1) is 0 Å². The van der Waals surface area contributed by atoms with E-state index < -0.39 is 0 Å². The molecule has 68 valence electrons. The first-order chi connectivity index (χ1) is 5.77. The molecule has 0 spiro atoms. The van der Waals surface area contributed by atoms with Gasteiger partial charge in [0.25, 0.3) is 0 Å². The van der Waals surface area contributed by atoms with Crippen LogP contribution in [0.5, 0.6) is 0 Å². The molecule has 0 bridgehead atoms. The molecule has 0 radical (unpaired) electrons. The number of nitrogen functional groups attached to an aromatic ring is 2. The summed E-state index contributed by atoms with van der Waals surface area (Å²) in [5.74, 6) is 0. The second-order valence-corrected chi connectivity index (χ2v) is 2.83. The molecule has 0 atom stereocenters. The van der Waals surface area contributed by atoms with Gasteiger partial charge >= 0.3 is 17.1 Å². The van der Waals surface area contributed by atoms with Crippen LogP contribution in [-0.4, -0.2) is 17.1 Å². The summed E-state index contributed by atoms with van der Waals surface area (Å²) in [4.78, 5) is 0. The Morgan fingerprint density at radius 2 is 1.15 bits per heavy atom. The fraction of sp³-hybridized carbons (Fsp3) is 0. The Morgan fingerprint density at radius 3 is 1.54 bits per heavy atom. The van der Waals surface area contributed by atoms with Crippen molar-refractivity contribution in [1.29, 1.82) is 0 Å². The average Bonchev–Trinajstić information content (AvgIpc) is 2.07. The quantitative estimate of drug-likeness (QED) is 0.534. The standard InChI is InChI=1S/C10H10N2.H2Se/c11-9-5-7-3-1-2-4-8(7)6-10(9)12;/h1-6H,11-12H2;1H2. The summed E-state index contributed by atoms with van der Waals surface area (Å²) in [5.41, 5.74) is 12.6. The van der Waals surface area contributed by atoms with Gasteiger partial charge in [0.05, 0.1) is 11.4 Å². The second kappa shape index (κ2) is 3.69. The van der Waals surface area contributed by atoms with Gasteiger partial charge in [-0.25, -0.2) is 0 Å². The van der Waals surface area contributed by atoms with Crippen molar-refractivity contribution >= 4 is 39.2 Å². The van der Waals surface area contributed by atoms with E-state index in [1.807, 2.05) is 36.4 Å². The molecule has 0 aliphatic heterocycles. The van der Waals surface area contributed by atoms with Crippen LogP contribution in [0.4, 0.5) is 11.4 Å². The first-order valence-electron chi connectivity index (χ1n) is 3.81. The van der Waals surface area contributed by atoms with Crippen molar-refractivity contribution in [3.63, 3.8) is 0 Å². The van der Waals surface area contributed by atoms with E-state index in [4.69, 9.17) is 11.5 Å². The molecule has 0 aliphatic rings. The molecule has 13 heavy (non-hydrogen) atoms. The molecule has 0 saturated heterocycles. The Hall–Kier alpha value is -1.18. The molecule has 2 aromatic rings. The fourth-order valence-corrected chi connectivity index (χ4v) is 1.28. The predicted molar refractivity (Wildman–Crippen MR) is 61.3 cm³/mol. The van der Waals surface area contributed by atoms with Crippen LogP contribution in [-0.2, 0) is 0 Å². The first-order valence-corrected chi connectivity index (χ1v) is 3.81. The summed E-state index contributed by atoms with van der Waals surface area (Å²) in [6.45, 7) is 0. The second-order valence-electron chi connectivity index (χ2n) is 2.83. The number of hydrogen-bond donors (Lipinski definition) is 2. The van der Waals surface area contributed by atoms with Gasteiger partial charge in [-0.2, -0.15) is 0 Å². The minimum absolute atomic E-state index is 0. The zero-order valence-corrected chi connectivity index (χ0v) is 9.22. The summed E-state index contributed by atoms with van der Waals surface area (Å²) < 4.78 is 0. The molecule has 0 fully saturated rings. The average molecular weight is 239 g/mol. The van der Waals surface area contributed by atoms with E-state index >= 15 is 0 Å². The fourth-order valence-electron chi connectivity index (χ4n) is 1.28. The topological polar surface area (TPSA) is 52.0 Å². The molecule has 2 aromatic carbocycles. The molecule has 0 amide bonds. The Balaban J connectivity index is 0.000000845. The van der Waals surface area contributed by atoms with Crippen LogP contribution in [0.3, 0.4) is 0 Å². The third-order valence-electron chi connectivity index (χ3n) is 1.95. The van der Waals surface area contributed by atoms with E-state index in [1.54, 1.807) is 0 Å². The monoisotopic (exact) mass is 240 g/mol. The Labute approximate surface area is 87.4 Å². The van der Waals surface area contributed by atoms with Crippen LogP contribution in [0.15, 0.2) is 36.4 Å². The van der Waals surface area contributed by atoms with Gasteiger partial charge in [0, 0.05) is 0 Å². The van der Waals surface area contributed by atoms with Crippen molar-refractivity contribution in [1.82, 2.24) is 0 Å². The molecule has 0 unspecified atom stereocenters. The normalized spacial score (nSPS) is 9.54. The number of anilines is 2. The number of fused-ring (bicyclic) bond motifs is 1. The molecule has 0 aliphatic carbocycles. The van der Waals surface area contributed by atoms with E-state index in [2.05, 4.69) is 0 Å². The Bertz CT molecular complexity index is 386. The molecule has 2 rings (SSSR count). The number of nitrogens with two attached hydrogens (primary N) is 2. The molecule has 4 N–H and O–H groups in total. The number of benzene rings is 2. The van der Waals surface area contributed by atoms with Crippen LogP contribution in [0.25, 0.3) is 10.8 Å². The van der Waals surface area contributed by atoms with Crippen molar-refractivity contribution in [3.8, 4) is 0 Å². The van der Waals surface area contributed by atoms with Crippen LogP contribution in [0.2, 0.25) is 0 Å². The first kappa shape index (κ1) is 9.90. The van der Waals surface area contributed by atoms with Gasteiger partial charge in [-0.1, -0.05) is 24.3 Å². The Kier molecular flexibility index (Phi) is 2.81. The van der Waals surface area contributed by atoms with Crippen molar-refractivity contribution in [2.45, 2.75) is 0 Å². The van der Waals surface area contributed by atoms with Gasteiger partial charge in [0.15, 0.2) is 0 Å². The van der Waals surface area contributed by atoms with Gasteiger partial charge in [0.2, 0.25) is 0 Å². The molecular formula is C10H12N2Se.